The Morgan fingerprint density at radius 2 is 0.909 bits per heavy atom. The summed E-state index contributed by atoms with van der Waals surface area (Å²) in [5, 5.41) is 3.22. The lowest BCUT2D eigenvalue weighted by atomic mass is 10.4. The van der Waals surface area contributed by atoms with E-state index in [1.807, 2.05) is 41.5 Å². The number of hydrogen-bond donors (Lipinski definition) is 1. The maximum absolute atomic E-state index is 3.22. The molecule has 0 spiro atoms. The Labute approximate surface area is 73.6 Å². The second kappa shape index (κ2) is 32.5. The average Bonchev–Trinajstić information content (AvgIpc) is 2.71. The van der Waals surface area contributed by atoms with E-state index >= 15 is 0 Å². The zero-order valence-electron chi connectivity index (χ0n) is 9.33. The van der Waals surface area contributed by atoms with Crippen LogP contribution in [0.4, 0.5) is 0 Å². The van der Waals surface area contributed by atoms with Crippen LogP contribution in [-0.4, -0.2) is 13.1 Å². The molecule has 1 N–H and O–H groups in total. The smallest absolute Gasteiger partial charge is 0.00484 e. The van der Waals surface area contributed by atoms with Gasteiger partial charge in [0.05, 0.1) is 0 Å². The quantitative estimate of drug-likeness (QED) is 0.574. The minimum atomic E-state index is 1.25. The SMILES string of the molecule is C1CCNC1.CC.CC.CC. The van der Waals surface area contributed by atoms with Crippen LogP contribution in [0.1, 0.15) is 54.4 Å². The van der Waals surface area contributed by atoms with Crippen LogP contribution in [0.5, 0.6) is 0 Å². The molecule has 1 heterocycles. The second-order valence-corrected chi connectivity index (χ2v) is 1.46. The second-order valence-electron chi connectivity index (χ2n) is 1.46. The Morgan fingerprint density at radius 1 is 0.636 bits per heavy atom. The van der Waals surface area contributed by atoms with Gasteiger partial charge in [-0.25, -0.2) is 0 Å². The minimum Gasteiger partial charge on any atom is -0.317 e. The van der Waals surface area contributed by atoms with Crippen molar-refractivity contribution in [3.05, 3.63) is 0 Å². The Bertz CT molecular complexity index is 16.4. The van der Waals surface area contributed by atoms with Crippen molar-refractivity contribution in [2.75, 3.05) is 13.1 Å². The van der Waals surface area contributed by atoms with E-state index in [1.165, 1.54) is 25.9 Å². The lowest BCUT2D eigenvalue weighted by molar-refractivity contribution is 0.857. The third-order valence-electron chi connectivity index (χ3n) is 0.957. The topological polar surface area (TPSA) is 12.0 Å². The van der Waals surface area contributed by atoms with E-state index in [1.54, 1.807) is 0 Å². The van der Waals surface area contributed by atoms with Gasteiger partial charge in [-0.1, -0.05) is 41.5 Å². The number of hydrogen-bond acceptors (Lipinski definition) is 1. The minimum absolute atomic E-state index is 1.25. The van der Waals surface area contributed by atoms with E-state index in [0.717, 1.165) is 0 Å². The van der Waals surface area contributed by atoms with Gasteiger partial charge in [0.2, 0.25) is 0 Å². The Hall–Kier alpha value is -0.0400. The zero-order valence-corrected chi connectivity index (χ0v) is 9.33. The first-order valence-corrected chi connectivity index (χ1v) is 5.21. The molecule has 0 aromatic heterocycles. The lowest BCUT2D eigenvalue weighted by Gasteiger charge is -1.76. The Kier molecular flexibility index (Phi) is 50.7. The third kappa shape index (κ3) is 25.7. The highest BCUT2D eigenvalue weighted by Crippen LogP contribution is 1.90. The first-order chi connectivity index (χ1) is 5.50. The molecule has 0 bridgehead atoms. The van der Waals surface area contributed by atoms with Crippen molar-refractivity contribution in [3.8, 4) is 0 Å². The van der Waals surface area contributed by atoms with Crippen molar-refractivity contribution in [2.45, 2.75) is 54.4 Å². The summed E-state index contributed by atoms with van der Waals surface area (Å²) in [6.45, 7) is 14.5. The van der Waals surface area contributed by atoms with Gasteiger partial charge in [-0.15, -0.1) is 0 Å². The molecule has 0 aliphatic carbocycles. The molecule has 0 atom stereocenters. The summed E-state index contributed by atoms with van der Waals surface area (Å²) in [7, 11) is 0. The molecule has 1 aliphatic rings. The summed E-state index contributed by atoms with van der Waals surface area (Å²) in [6, 6.07) is 0. The van der Waals surface area contributed by atoms with E-state index in [-0.39, 0.29) is 0 Å². The van der Waals surface area contributed by atoms with Crippen LogP contribution in [0.2, 0.25) is 0 Å². The van der Waals surface area contributed by atoms with E-state index in [9.17, 15) is 0 Å². The predicted octanol–water partition coefficient (Wildman–Crippen LogP) is 3.45. The zero-order chi connectivity index (χ0) is 9.54. The molecular weight excluding hydrogens is 134 g/mol. The van der Waals surface area contributed by atoms with Crippen LogP contribution < -0.4 is 5.32 Å². The van der Waals surface area contributed by atoms with Crippen molar-refractivity contribution < 1.29 is 0 Å². The fourth-order valence-electron chi connectivity index (χ4n) is 0.625. The van der Waals surface area contributed by atoms with Crippen molar-refractivity contribution in [1.29, 1.82) is 0 Å². The summed E-state index contributed by atoms with van der Waals surface area (Å²) in [5.41, 5.74) is 0. The molecule has 1 aliphatic heterocycles. The Balaban J connectivity index is -0.0000000933. The summed E-state index contributed by atoms with van der Waals surface area (Å²) < 4.78 is 0. The molecular formula is C10H27N. The molecule has 0 aromatic rings. The normalized spacial score (nSPS) is 12.5. The van der Waals surface area contributed by atoms with Gasteiger partial charge in [-0.2, -0.15) is 0 Å². The number of rotatable bonds is 0. The van der Waals surface area contributed by atoms with Gasteiger partial charge in [0.15, 0.2) is 0 Å². The summed E-state index contributed by atoms with van der Waals surface area (Å²) in [4.78, 5) is 0. The average molecular weight is 161 g/mol. The highest BCUT2D eigenvalue weighted by Gasteiger charge is 1.93. The molecule has 1 heteroatoms. The maximum Gasteiger partial charge on any atom is -0.00484 e. The lowest BCUT2D eigenvalue weighted by Crippen LogP contribution is -2.03. The summed E-state index contributed by atoms with van der Waals surface area (Å²) >= 11 is 0. The van der Waals surface area contributed by atoms with Crippen LogP contribution in [0.3, 0.4) is 0 Å². The molecule has 1 rings (SSSR count). The Morgan fingerprint density at radius 3 is 1.00 bits per heavy atom. The fraction of sp³-hybridized carbons (Fsp3) is 1.00. The van der Waals surface area contributed by atoms with E-state index < -0.39 is 0 Å². The van der Waals surface area contributed by atoms with E-state index in [0.29, 0.717) is 0 Å². The molecule has 11 heavy (non-hydrogen) atoms. The van der Waals surface area contributed by atoms with Gasteiger partial charge in [0.1, 0.15) is 0 Å². The maximum atomic E-state index is 3.22. The molecule has 0 unspecified atom stereocenters. The molecule has 1 fully saturated rings. The standard InChI is InChI=1S/C4H9N.3C2H6/c1-2-4-5-3-1;3*1-2/h5H,1-4H2;3*1-2H3. The van der Waals surface area contributed by atoms with Crippen molar-refractivity contribution in [2.24, 2.45) is 0 Å². The monoisotopic (exact) mass is 161 g/mol. The van der Waals surface area contributed by atoms with Crippen molar-refractivity contribution >= 4 is 0 Å². The first-order valence-electron chi connectivity index (χ1n) is 5.21. The van der Waals surface area contributed by atoms with Crippen LogP contribution >= 0.6 is 0 Å². The molecule has 1 saturated heterocycles. The van der Waals surface area contributed by atoms with Gasteiger partial charge < -0.3 is 5.32 Å². The highest BCUT2D eigenvalue weighted by molar-refractivity contribution is 4.55. The van der Waals surface area contributed by atoms with E-state index in [2.05, 4.69) is 5.32 Å². The molecule has 0 aromatic carbocycles. The van der Waals surface area contributed by atoms with Gasteiger partial charge in [-0.3, -0.25) is 0 Å². The van der Waals surface area contributed by atoms with Crippen LogP contribution in [0, 0.1) is 0 Å². The largest absolute Gasteiger partial charge is 0.317 e. The summed E-state index contributed by atoms with van der Waals surface area (Å²) in [5.74, 6) is 0. The third-order valence-corrected chi connectivity index (χ3v) is 0.957. The van der Waals surface area contributed by atoms with E-state index in [4.69, 9.17) is 0 Å². The molecule has 1 nitrogen and oxygen atoms in total. The number of nitrogens with one attached hydrogen (secondary N) is 1. The van der Waals surface area contributed by atoms with Gasteiger partial charge in [-0.05, 0) is 25.9 Å². The van der Waals surface area contributed by atoms with Crippen LogP contribution in [-0.2, 0) is 0 Å². The molecule has 0 radical (unpaired) electrons. The fourth-order valence-corrected chi connectivity index (χ4v) is 0.625. The summed E-state index contributed by atoms with van der Waals surface area (Å²) in [6.07, 6.45) is 2.78. The molecule has 72 valence electrons. The van der Waals surface area contributed by atoms with Gasteiger partial charge >= 0.3 is 0 Å². The van der Waals surface area contributed by atoms with Crippen LogP contribution in [0.25, 0.3) is 0 Å². The van der Waals surface area contributed by atoms with Crippen molar-refractivity contribution in [3.63, 3.8) is 0 Å². The highest BCUT2D eigenvalue weighted by atomic mass is 14.9. The predicted molar refractivity (Wildman–Crippen MR) is 56.1 cm³/mol. The van der Waals surface area contributed by atoms with Crippen LogP contribution in [0.15, 0.2) is 0 Å². The van der Waals surface area contributed by atoms with Gasteiger partial charge in [0, 0.05) is 0 Å². The molecule has 0 amide bonds. The van der Waals surface area contributed by atoms with Gasteiger partial charge in [0.25, 0.3) is 0 Å². The molecule has 0 saturated carbocycles. The van der Waals surface area contributed by atoms with Crippen molar-refractivity contribution in [1.82, 2.24) is 5.32 Å². The first kappa shape index (κ1) is 17.2.